The fourth-order valence-corrected chi connectivity index (χ4v) is 2.24. The van der Waals surface area contributed by atoms with Gasteiger partial charge in [0.15, 0.2) is 0 Å². The average molecular weight is 288 g/mol. The van der Waals surface area contributed by atoms with Gasteiger partial charge in [-0.2, -0.15) is 0 Å². The van der Waals surface area contributed by atoms with Gasteiger partial charge in [-0.15, -0.1) is 0 Å². The van der Waals surface area contributed by atoms with Gasteiger partial charge in [0, 0.05) is 17.1 Å². The van der Waals surface area contributed by atoms with Gasteiger partial charge < -0.3 is 5.32 Å². The number of hydrogen-bond donors (Lipinski definition) is 1. The Labute approximate surface area is 124 Å². The van der Waals surface area contributed by atoms with Crippen LogP contribution >= 0.6 is 11.6 Å². The van der Waals surface area contributed by atoms with Gasteiger partial charge in [-0.1, -0.05) is 54.9 Å². The molecule has 0 radical (unpaired) electrons. The Bertz CT molecular complexity index is 595. The molecule has 1 amide bonds. The van der Waals surface area contributed by atoms with E-state index in [0.29, 0.717) is 11.4 Å². The number of rotatable bonds is 4. The minimum absolute atomic E-state index is 0.00118. The number of carbonyl (C=O) groups is 1. The Morgan fingerprint density at radius 1 is 1.20 bits per heavy atom. The quantitative estimate of drug-likeness (QED) is 0.861. The molecule has 20 heavy (non-hydrogen) atoms. The van der Waals surface area contributed by atoms with Crippen molar-refractivity contribution in [2.45, 2.75) is 26.2 Å². The van der Waals surface area contributed by atoms with E-state index in [1.807, 2.05) is 49.4 Å². The highest BCUT2D eigenvalue weighted by atomic mass is 35.5. The van der Waals surface area contributed by atoms with Gasteiger partial charge in [-0.05, 0) is 36.1 Å². The number of amides is 1. The third kappa shape index (κ3) is 3.84. The summed E-state index contributed by atoms with van der Waals surface area (Å²) in [6.07, 6.45) is 0.454. The molecule has 2 aromatic carbocycles. The molecular weight excluding hydrogens is 270 g/mol. The van der Waals surface area contributed by atoms with E-state index in [2.05, 4.69) is 12.2 Å². The molecule has 0 saturated heterocycles. The molecule has 0 unspecified atom stereocenters. The first-order chi connectivity index (χ1) is 9.56. The van der Waals surface area contributed by atoms with E-state index in [1.165, 1.54) is 5.56 Å². The van der Waals surface area contributed by atoms with E-state index < -0.39 is 0 Å². The Morgan fingerprint density at radius 2 is 1.90 bits per heavy atom. The summed E-state index contributed by atoms with van der Waals surface area (Å²) in [5, 5.41) is 3.55. The van der Waals surface area contributed by atoms with Gasteiger partial charge >= 0.3 is 0 Å². The number of carbonyl (C=O) groups excluding carboxylic acids is 1. The maximum atomic E-state index is 12.0. The molecule has 0 fully saturated rings. The first kappa shape index (κ1) is 14.6. The molecule has 0 aliphatic rings. The summed E-state index contributed by atoms with van der Waals surface area (Å²) in [4.78, 5) is 12.0. The first-order valence-corrected chi connectivity index (χ1v) is 7.05. The van der Waals surface area contributed by atoms with Crippen molar-refractivity contribution < 1.29 is 4.79 Å². The van der Waals surface area contributed by atoms with Gasteiger partial charge in [0.2, 0.25) is 5.91 Å². The van der Waals surface area contributed by atoms with Crippen molar-refractivity contribution in [2.24, 2.45) is 0 Å². The summed E-state index contributed by atoms with van der Waals surface area (Å²) >= 11 is 6.05. The van der Waals surface area contributed by atoms with Crippen molar-refractivity contribution in [3.63, 3.8) is 0 Å². The minimum Gasteiger partial charge on any atom is -0.326 e. The molecule has 0 bridgehead atoms. The smallest absolute Gasteiger partial charge is 0.224 e. The molecule has 1 atom stereocenters. The topological polar surface area (TPSA) is 29.1 Å². The van der Waals surface area contributed by atoms with E-state index in [1.54, 1.807) is 6.07 Å². The number of hydrogen-bond acceptors (Lipinski definition) is 1. The van der Waals surface area contributed by atoms with Crippen LogP contribution in [-0.4, -0.2) is 5.91 Å². The van der Waals surface area contributed by atoms with Crippen LogP contribution < -0.4 is 5.32 Å². The number of aryl methyl sites for hydroxylation is 1. The molecule has 2 nitrogen and oxygen atoms in total. The van der Waals surface area contributed by atoms with Gasteiger partial charge in [-0.3, -0.25) is 4.79 Å². The summed E-state index contributed by atoms with van der Waals surface area (Å²) in [7, 11) is 0. The summed E-state index contributed by atoms with van der Waals surface area (Å²) in [5.74, 6) is 0.193. The zero-order valence-electron chi connectivity index (χ0n) is 11.7. The van der Waals surface area contributed by atoms with Crippen molar-refractivity contribution in [1.82, 2.24) is 0 Å². The lowest BCUT2D eigenvalue weighted by atomic mass is 9.97. The Kier molecular flexibility index (Phi) is 4.80. The molecule has 3 heteroatoms. The zero-order chi connectivity index (χ0) is 14.5. The van der Waals surface area contributed by atoms with Gasteiger partial charge in [-0.25, -0.2) is 0 Å². The average Bonchev–Trinajstić information content (AvgIpc) is 2.44. The lowest BCUT2D eigenvalue weighted by molar-refractivity contribution is -0.116. The van der Waals surface area contributed by atoms with E-state index in [4.69, 9.17) is 11.6 Å². The Balaban J connectivity index is 1.97. The van der Waals surface area contributed by atoms with Gasteiger partial charge in [0.05, 0.1) is 0 Å². The molecule has 1 N–H and O–H groups in total. The Hall–Kier alpha value is -1.80. The second kappa shape index (κ2) is 6.58. The van der Waals surface area contributed by atoms with Crippen LogP contribution in [0.5, 0.6) is 0 Å². The second-order valence-electron chi connectivity index (χ2n) is 5.03. The van der Waals surface area contributed by atoms with Crippen molar-refractivity contribution in [3.8, 4) is 0 Å². The molecule has 0 saturated carbocycles. The van der Waals surface area contributed by atoms with Crippen molar-refractivity contribution >= 4 is 23.2 Å². The number of nitrogens with one attached hydrogen (secondary N) is 1. The summed E-state index contributed by atoms with van der Waals surface area (Å²) < 4.78 is 0. The van der Waals surface area contributed by atoms with Crippen LogP contribution in [-0.2, 0) is 4.79 Å². The van der Waals surface area contributed by atoms with Gasteiger partial charge in [0.1, 0.15) is 0 Å². The number of halogens is 1. The molecule has 0 aliphatic carbocycles. The van der Waals surface area contributed by atoms with Crippen molar-refractivity contribution in [1.29, 1.82) is 0 Å². The number of anilines is 1. The highest BCUT2D eigenvalue weighted by Crippen LogP contribution is 2.22. The van der Waals surface area contributed by atoms with Crippen molar-refractivity contribution in [2.75, 3.05) is 5.32 Å². The predicted molar refractivity (Wildman–Crippen MR) is 84.3 cm³/mol. The molecule has 2 aromatic rings. The maximum absolute atomic E-state index is 12.0. The van der Waals surface area contributed by atoms with Crippen LogP contribution in [0, 0.1) is 6.92 Å². The molecule has 0 aromatic heterocycles. The molecule has 2 rings (SSSR count). The predicted octanol–water partition coefficient (Wildman–Crippen LogP) is 4.78. The fraction of sp³-hybridized carbons (Fsp3) is 0.235. The maximum Gasteiger partial charge on any atom is 0.224 e. The molecule has 0 heterocycles. The van der Waals surface area contributed by atoms with Gasteiger partial charge in [0.25, 0.3) is 0 Å². The molecule has 0 spiro atoms. The molecule has 0 aliphatic heterocycles. The van der Waals surface area contributed by atoms with Crippen LogP contribution in [0.1, 0.15) is 30.4 Å². The van der Waals surface area contributed by atoms with Crippen molar-refractivity contribution in [3.05, 3.63) is 64.7 Å². The summed E-state index contributed by atoms with van der Waals surface area (Å²) in [6, 6.07) is 15.6. The third-order valence-electron chi connectivity index (χ3n) is 3.32. The lowest BCUT2D eigenvalue weighted by Gasteiger charge is -2.12. The molecular formula is C17H18ClNO. The standard InChI is InChI=1S/C17H18ClNO/c1-12-8-9-15(11-16(12)18)19-17(20)10-13(2)14-6-4-3-5-7-14/h3-9,11,13H,10H2,1-2H3,(H,19,20)/t13-/m1/s1. The molecule has 104 valence electrons. The normalized spacial score (nSPS) is 11.9. The summed E-state index contributed by atoms with van der Waals surface area (Å²) in [5.41, 5.74) is 2.91. The van der Waals surface area contributed by atoms with E-state index >= 15 is 0 Å². The minimum atomic E-state index is 0.00118. The SMILES string of the molecule is Cc1ccc(NC(=O)C[C@@H](C)c2ccccc2)cc1Cl. The highest BCUT2D eigenvalue weighted by molar-refractivity contribution is 6.31. The largest absolute Gasteiger partial charge is 0.326 e. The fourth-order valence-electron chi connectivity index (χ4n) is 2.06. The second-order valence-corrected chi connectivity index (χ2v) is 5.44. The number of benzene rings is 2. The van der Waals surface area contributed by atoms with Crippen LogP contribution in [0.25, 0.3) is 0 Å². The van der Waals surface area contributed by atoms with Crippen LogP contribution in [0.15, 0.2) is 48.5 Å². The Morgan fingerprint density at radius 3 is 2.55 bits per heavy atom. The third-order valence-corrected chi connectivity index (χ3v) is 3.72. The van der Waals surface area contributed by atoms with Crippen LogP contribution in [0.3, 0.4) is 0 Å². The first-order valence-electron chi connectivity index (χ1n) is 6.67. The van der Waals surface area contributed by atoms with E-state index in [-0.39, 0.29) is 11.8 Å². The summed E-state index contributed by atoms with van der Waals surface area (Å²) in [6.45, 7) is 3.99. The van der Waals surface area contributed by atoms with E-state index in [9.17, 15) is 4.79 Å². The monoisotopic (exact) mass is 287 g/mol. The van der Waals surface area contributed by atoms with Crippen LogP contribution in [0.2, 0.25) is 5.02 Å². The van der Waals surface area contributed by atoms with Crippen LogP contribution in [0.4, 0.5) is 5.69 Å². The lowest BCUT2D eigenvalue weighted by Crippen LogP contribution is -2.14. The highest BCUT2D eigenvalue weighted by Gasteiger charge is 2.11. The van der Waals surface area contributed by atoms with E-state index in [0.717, 1.165) is 11.3 Å². The zero-order valence-corrected chi connectivity index (χ0v) is 12.4.